The zero-order valence-corrected chi connectivity index (χ0v) is 13.2. The molecule has 0 unspecified atom stereocenters. The lowest BCUT2D eigenvalue weighted by Crippen LogP contribution is -2.47. The van der Waals surface area contributed by atoms with E-state index >= 15 is 0 Å². The molecule has 2 atom stereocenters. The third-order valence-corrected chi connectivity index (χ3v) is 5.08. The van der Waals surface area contributed by atoms with E-state index in [0.29, 0.717) is 18.6 Å². The molecule has 1 N–H and O–H groups in total. The lowest BCUT2D eigenvalue weighted by molar-refractivity contribution is -0.156. The maximum absolute atomic E-state index is 12.1. The van der Waals surface area contributed by atoms with Gasteiger partial charge in [-0.05, 0) is 20.3 Å². The fraction of sp³-hybridized carbons (Fsp3) is 0.692. The standard InChI is InChI=1S/C13H18N2O6S/c1-3-20-12(19)14-9(16)6-21-11(18)8-7-22-13(2)5-4-10(17)15(8)13/h8H,3-7H2,1-2H3,(H,14,16,19)/t8-,13-/m0/s1. The van der Waals surface area contributed by atoms with Crippen molar-refractivity contribution in [3.05, 3.63) is 0 Å². The Balaban J connectivity index is 1.84. The molecule has 9 heteroatoms. The second-order valence-electron chi connectivity index (χ2n) is 5.14. The summed E-state index contributed by atoms with van der Waals surface area (Å²) in [5, 5.41) is 1.93. The monoisotopic (exact) mass is 330 g/mol. The van der Waals surface area contributed by atoms with Crippen LogP contribution in [0, 0.1) is 0 Å². The highest BCUT2D eigenvalue weighted by atomic mass is 32.2. The number of carbonyl (C=O) groups excluding carboxylic acids is 4. The van der Waals surface area contributed by atoms with Crippen molar-refractivity contribution < 1.29 is 28.7 Å². The summed E-state index contributed by atoms with van der Waals surface area (Å²) < 4.78 is 9.44. The van der Waals surface area contributed by atoms with E-state index in [1.54, 1.807) is 11.8 Å². The maximum Gasteiger partial charge on any atom is 0.413 e. The van der Waals surface area contributed by atoms with Crippen molar-refractivity contribution in [2.75, 3.05) is 19.0 Å². The molecule has 3 amide bonds. The number of nitrogens with zero attached hydrogens (tertiary/aromatic N) is 1. The molecule has 2 saturated heterocycles. The summed E-state index contributed by atoms with van der Waals surface area (Å²) in [6.07, 6.45) is 0.225. The summed E-state index contributed by atoms with van der Waals surface area (Å²) in [5.41, 5.74) is 0. The van der Waals surface area contributed by atoms with E-state index in [2.05, 4.69) is 4.74 Å². The number of imide groups is 1. The molecule has 0 aromatic rings. The predicted octanol–water partition coefficient (Wildman–Crippen LogP) is 0.256. The quantitative estimate of drug-likeness (QED) is 0.737. The average Bonchev–Trinajstić information content (AvgIpc) is 2.94. The molecule has 22 heavy (non-hydrogen) atoms. The number of carbonyl (C=O) groups is 4. The number of ether oxygens (including phenoxy) is 2. The molecule has 0 radical (unpaired) electrons. The van der Waals surface area contributed by atoms with Crippen molar-refractivity contribution in [3.63, 3.8) is 0 Å². The summed E-state index contributed by atoms with van der Waals surface area (Å²) in [6, 6.07) is -0.680. The summed E-state index contributed by atoms with van der Waals surface area (Å²) in [7, 11) is 0. The Morgan fingerprint density at radius 1 is 1.41 bits per heavy atom. The molecule has 122 valence electrons. The van der Waals surface area contributed by atoms with Gasteiger partial charge in [-0.15, -0.1) is 11.8 Å². The molecule has 2 aliphatic heterocycles. The highest BCUT2D eigenvalue weighted by Gasteiger charge is 2.53. The Kier molecular flexibility index (Phi) is 4.94. The van der Waals surface area contributed by atoms with Gasteiger partial charge in [0.2, 0.25) is 5.91 Å². The summed E-state index contributed by atoms with van der Waals surface area (Å²) in [4.78, 5) is 47.6. The van der Waals surface area contributed by atoms with Crippen LogP contribution in [0.2, 0.25) is 0 Å². The van der Waals surface area contributed by atoms with Crippen LogP contribution in [0.3, 0.4) is 0 Å². The number of nitrogens with one attached hydrogen (secondary N) is 1. The lowest BCUT2D eigenvalue weighted by atomic mass is 10.2. The number of fused-ring (bicyclic) bond motifs is 1. The van der Waals surface area contributed by atoms with E-state index in [4.69, 9.17) is 4.74 Å². The van der Waals surface area contributed by atoms with Gasteiger partial charge in [0.1, 0.15) is 6.04 Å². The second-order valence-corrected chi connectivity index (χ2v) is 6.64. The van der Waals surface area contributed by atoms with Crippen LogP contribution in [0.1, 0.15) is 26.7 Å². The Labute approximate surface area is 131 Å². The van der Waals surface area contributed by atoms with Crippen molar-refractivity contribution in [2.24, 2.45) is 0 Å². The normalized spacial score (nSPS) is 26.5. The van der Waals surface area contributed by atoms with E-state index in [0.717, 1.165) is 0 Å². The molecule has 0 bridgehead atoms. The van der Waals surface area contributed by atoms with Gasteiger partial charge in [-0.1, -0.05) is 0 Å². The first kappa shape index (κ1) is 16.6. The molecule has 8 nitrogen and oxygen atoms in total. The molecule has 0 aromatic carbocycles. The largest absolute Gasteiger partial charge is 0.454 e. The molecular weight excluding hydrogens is 312 g/mol. The van der Waals surface area contributed by atoms with Gasteiger partial charge >= 0.3 is 12.1 Å². The van der Waals surface area contributed by atoms with Crippen LogP contribution >= 0.6 is 11.8 Å². The Morgan fingerprint density at radius 3 is 2.82 bits per heavy atom. The van der Waals surface area contributed by atoms with Crippen LogP contribution in [0.5, 0.6) is 0 Å². The molecule has 0 saturated carbocycles. The van der Waals surface area contributed by atoms with Crippen LogP contribution in [0.15, 0.2) is 0 Å². The molecule has 2 fully saturated rings. The third kappa shape index (κ3) is 3.34. The smallest absolute Gasteiger partial charge is 0.413 e. The number of hydrogen-bond acceptors (Lipinski definition) is 7. The Hall–Kier alpha value is -1.77. The lowest BCUT2D eigenvalue weighted by Gasteiger charge is -2.29. The minimum absolute atomic E-state index is 0.0783. The molecule has 2 rings (SSSR count). The number of amides is 3. The molecule has 0 aromatic heterocycles. The molecule has 0 spiro atoms. The van der Waals surface area contributed by atoms with Crippen LogP contribution in [-0.2, 0) is 23.9 Å². The minimum Gasteiger partial charge on any atom is -0.454 e. The molecular formula is C13H18N2O6S. The highest BCUT2D eigenvalue weighted by molar-refractivity contribution is 8.01. The highest BCUT2D eigenvalue weighted by Crippen LogP contribution is 2.47. The number of hydrogen-bond donors (Lipinski definition) is 1. The van der Waals surface area contributed by atoms with Gasteiger partial charge in [-0.2, -0.15) is 0 Å². The van der Waals surface area contributed by atoms with Crippen molar-refractivity contribution in [2.45, 2.75) is 37.6 Å². The topological polar surface area (TPSA) is 102 Å². The SMILES string of the molecule is CCOC(=O)NC(=O)COC(=O)[C@@H]1CS[C@@]2(C)CCC(=O)N12. The summed E-state index contributed by atoms with van der Waals surface area (Å²) in [6.45, 7) is 3.07. The van der Waals surface area contributed by atoms with E-state index in [9.17, 15) is 19.2 Å². The second kappa shape index (κ2) is 6.55. The van der Waals surface area contributed by atoms with Gasteiger partial charge in [0.05, 0.1) is 11.5 Å². The average molecular weight is 330 g/mol. The van der Waals surface area contributed by atoms with Crippen LogP contribution in [0.4, 0.5) is 4.79 Å². The number of rotatable bonds is 4. The Morgan fingerprint density at radius 2 is 2.14 bits per heavy atom. The molecule has 2 aliphatic rings. The van der Waals surface area contributed by atoms with E-state index in [-0.39, 0.29) is 17.4 Å². The Bertz CT molecular complexity index is 511. The van der Waals surface area contributed by atoms with Crippen LogP contribution < -0.4 is 5.32 Å². The molecule has 0 aliphatic carbocycles. The zero-order valence-electron chi connectivity index (χ0n) is 12.4. The fourth-order valence-electron chi connectivity index (χ4n) is 2.55. The van der Waals surface area contributed by atoms with Gasteiger partial charge in [0.15, 0.2) is 6.61 Å². The van der Waals surface area contributed by atoms with Gasteiger partial charge in [0, 0.05) is 12.2 Å². The first-order valence-electron chi connectivity index (χ1n) is 6.96. The molecule has 2 heterocycles. The van der Waals surface area contributed by atoms with Crippen molar-refractivity contribution >= 4 is 35.6 Å². The van der Waals surface area contributed by atoms with Gasteiger partial charge in [0.25, 0.3) is 5.91 Å². The first-order chi connectivity index (χ1) is 10.4. The number of alkyl carbamates (subject to hydrolysis) is 1. The maximum atomic E-state index is 12.1. The van der Waals surface area contributed by atoms with Gasteiger partial charge < -0.3 is 14.4 Å². The fourth-order valence-corrected chi connectivity index (χ4v) is 3.96. The summed E-state index contributed by atoms with van der Waals surface area (Å²) >= 11 is 1.54. The van der Waals surface area contributed by atoms with Crippen molar-refractivity contribution in [1.29, 1.82) is 0 Å². The van der Waals surface area contributed by atoms with E-state index in [1.165, 1.54) is 11.8 Å². The number of esters is 1. The van der Waals surface area contributed by atoms with E-state index in [1.807, 2.05) is 12.2 Å². The minimum atomic E-state index is -0.887. The van der Waals surface area contributed by atoms with Gasteiger partial charge in [-0.25, -0.2) is 9.59 Å². The number of thioether (sulfide) groups is 1. The van der Waals surface area contributed by atoms with Crippen molar-refractivity contribution in [3.8, 4) is 0 Å². The zero-order chi connectivity index (χ0) is 16.3. The van der Waals surface area contributed by atoms with E-state index < -0.39 is 30.6 Å². The predicted molar refractivity (Wildman–Crippen MR) is 76.9 cm³/mol. The first-order valence-corrected chi connectivity index (χ1v) is 7.95. The van der Waals surface area contributed by atoms with Gasteiger partial charge in [-0.3, -0.25) is 14.9 Å². The third-order valence-electron chi connectivity index (χ3n) is 3.58. The van der Waals surface area contributed by atoms with Crippen LogP contribution in [-0.4, -0.2) is 58.7 Å². The van der Waals surface area contributed by atoms with Crippen molar-refractivity contribution in [1.82, 2.24) is 10.2 Å². The van der Waals surface area contributed by atoms with Crippen LogP contribution in [0.25, 0.3) is 0 Å². The summed E-state index contributed by atoms with van der Waals surface area (Å²) in [5.74, 6) is -1.04.